The first kappa shape index (κ1) is 20.2. The molecule has 1 aliphatic carbocycles. The molecule has 6 heteroatoms. The van der Waals surface area contributed by atoms with Crippen LogP contribution in [-0.2, 0) is 4.79 Å². The number of benzene rings is 1. The SMILES string of the molecule is CCCCNC(=O)[C@@H]1CS[C@H](C2CCCCC2)N1C(=O)c1ccc(F)cc1. The van der Waals surface area contributed by atoms with Gasteiger partial charge in [0.1, 0.15) is 11.9 Å². The van der Waals surface area contributed by atoms with Crippen molar-refractivity contribution in [2.24, 2.45) is 5.92 Å². The number of nitrogens with zero attached hydrogens (tertiary/aromatic N) is 1. The predicted molar refractivity (Wildman–Crippen MR) is 107 cm³/mol. The third kappa shape index (κ3) is 4.84. The first-order valence-corrected chi connectivity index (χ1v) is 11.1. The Balaban J connectivity index is 1.80. The molecule has 2 aliphatic rings. The molecular formula is C21H29FN2O2S. The van der Waals surface area contributed by atoms with Crippen LogP contribution in [0.4, 0.5) is 4.39 Å². The Kier molecular flexibility index (Phi) is 7.16. The van der Waals surface area contributed by atoms with Crippen LogP contribution in [-0.4, -0.2) is 40.4 Å². The zero-order valence-corrected chi connectivity index (χ0v) is 16.8. The van der Waals surface area contributed by atoms with Gasteiger partial charge in [0.15, 0.2) is 0 Å². The molecule has 2 amide bonds. The van der Waals surface area contributed by atoms with Crippen LogP contribution >= 0.6 is 11.8 Å². The summed E-state index contributed by atoms with van der Waals surface area (Å²) >= 11 is 1.73. The van der Waals surface area contributed by atoms with Crippen LogP contribution in [0, 0.1) is 11.7 Å². The van der Waals surface area contributed by atoms with Crippen molar-refractivity contribution in [2.75, 3.05) is 12.3 Å². The first-order valence-electron chi connectivity index (χ1n) is 10.1. The smallest absolute Gasteiger partial charge is 0.255 e. The highest BCUT2D eigenvalue weighted by molar-refractivity contribution is 8.00. The Morgan fingerprint density at radius 3 is 2.56 bits per heavy atom. The lowest BCUT2D eigenvalue weighted by molar-refractivity contribution is -0.125. The minimum absolute atomic E-state index is 0.0322. The molecule has 148 valence electrons. The van der Waals surface area contributed by atoms with E-state index in [9.17, 15) is 14.0 Å². The number of rotatable bonds is 6. The largest absolute Gasteiger partial charge is 0.354 e. The molecule has 0 aromatic heterocycles. The van der Waals surface area contributed by atoms with Gasteiger partial charge >= 0.3 is 0 Å². The molecule has 4 nitrogen and oxygen atoms in total. The van der Waals surface area contributed by atoms with Crippen LogP contribution in [0.1, 0.15) is 62.2 Å². The molecule has 0 unspecified atom stereocenters. The number of hydrogen-bond donors (Lipinski definition) is 1. The molecule has 2 atom stereocenters. The summed E-state index contributed by atoms with van der Waals surface area (Å²) in [5.41, 5.74) is 0.450. The van der Waals surface area contributed by atoms with Gasteiger partial charge in [-0.1, -0.05) is 32.6 Å². The van der Waals surface area contributed by atoms with Crippen molar-refractivity contribution < 1.29 is 14.0 Å². The molecule has 1 N–H and O–H groups in total. The lowest BCUT2D eigenvalue weighted by Gasteiger charge is -2.35. The maximum Gasteiger partial charge on any atom is 0.255 e. The Morgan fingerprint density at radius 2 is 1.89 bits per heavy atom. The van der Waals surface area contributed by atoms with E-state index in [1.165, 1.54) is 43.5 Å². The second-order valence-corrected chi connectivity index (χ2v) is 8.65. The third-order valence-electron chi connectivity index (χ3n) is 5.55. The number of carbonyl (C=O) groups excluding carboxylic acids is 2. The Labute approximate surface area is 165 Å². The van der Waals surface area contributed by atoms with Crippen LogP contribution in [0.15, 0.2) is 24.3 Å². The van der Waals surface area contributed by atoms with Crippen LogP contribution in [0.5, 0.6) is 0 Å². The summed E-state index contributed by atoms with van der Waals surface area (Å²) in [5.74, 6) is 0.476. The summed E-state index contributed by atoms with van der Waals surface area (Å²) in [6, 6.07) is 5.20. The standard InChI is InChI=1S/C21H29FN2O2S/c1-2-3-13-23-19(25)18-14-27-21(16-7-5-4-6-8-16)24(18)20(26)15-9-11-17(22)12-10-15/h9-12,16,18,21H,2-8,13-14H2,1H3,(H,23,25)/t18-,21+/m0/s1. The van der Waals surface area contributed by atoms with E-state index in [4.69, 9.17) is 0 Å². The fourth-order valence-corrected chi connectivity index (χ4v) is 5.66. The zero-order valence-electron chi connectivity index (χ0n) is 16.0. The average Bonchev–Trinajstić information content (AvgIpc) is 3.14. The van der Waals surface area contributed by atoms with E-state index in [0.717, 1.165) is 25.7 Å². The second kappa shape index (κ2) is 9.58. The van der Waals surface area contributed by atoms with E-state index in [2.05, 4.69) is 12.2 Å². The van der Waals surface area contributed by atoms with E-state index < -0.39 is 6.04 Å². The van der Waals surface area contributed by atoms with E-state index in [0.29, 0.717) is 23.8 Å². The van der Waals surface area contributed by atoms with Gasteiger partial charge in [-0.3, -0.25) is 9.59 Å². The van der Waals surface area contributed by atoms with Gasteiger partial charge in [0.25, 0.3) is 5.91 Å². The molecule has 0 bridgehead atoms. The lowest BCUT2D eigenvalue weighted by atomic mass is 9.88. The molecule has 1 saturated heterocycles. The molecule has 0 radical (unpaired) electrons. The molecule has 1 heterocycles. The highest BCUT2D eigenvalue weighted by Gasteiger charge is 2.45. The van der Waals surface area contributed by atoms with E-state index in [-0.39, 0.29) is 23.0 Å². The summed E-state index contributed by atoms with van der Waals surface area (Å²) in [7, 11) is 0. The van der Waals surface area contributed by atoms with Gasteiger partial charge in [0.05, 0.1) is 5.37 Å². The Bertz CT molecular complexity index is 646. The molecule has 3 rings (SSSR count). The molecule has 1 saturated carbocycles. The maximum absolute atomic E-state index is 13.3. The minimum atomic E-state index is -0.448. The van der Waals surface area contributed by atoms with Gasteiger partial charge in [0, 0.05) is 17.9 Å². The van der Waals surface area contributed by atoms with Gasteiger partial charge in [-0.25, -0.2) is 4.39 Å². The Hall–Kier alpha value is -1.56. The van der Waals surface area contributed by atoms with Gasteiger partial charge in [0.2, 0.25) is 5.91 Å². The molecule has 1 aliphatic heterocycles. The molecule has 1 aromatic carbocycles. The van der Waals surface area contributed by atoms with E-state index in [1.807, 2.05) is 0 Å². The molecule has 27 heavy (non-hydrogen) atoms. The van der Waals surface area contributed by atoms with Crippen LogP contribution in [0.2, 0.25) is 0 Å². The number of carbonyl (C=O) groups is 2. The molecule has 0 spiro atoms. The normalized spacial score (nSPS) is 23.4. The van der Waals surface area contributed by atoms with Crippen LogP contribution in [0.25, 0.3) is 0 Å². The summed E-state index contributed by atoms with van der Waals surface area (Å²) in [4.78, 5) is 27.8. The fourth-order valence-electron chi connectivity index (χ4n) is 4.02. The number of amides is 2. The van der Waals surface area contributed by atoms with Gasteiger partial charge < -0.3 is 10.2 Å². The third-order valence-corrected chi connectivity index (χ3v) is 7.01. The van der Waals surface area contributed by atoms with Crippen LogP contribution in [0.3, 0.4) is 0 Å². The minimum Gasteiger partial charge on any atom is -0.354 e. The first-order chi connectivity index (χ1) is 13.1. The number of halogens is 1. The number of hydrogen-bond acceptors (Lipinski definition) is 3. The van der Waals surface area contributed by atoms with Gasteiger partial charge in [-0.05, 0) is 49.4 Å². The maximum atomic E-state index is 13.3. The predicted octanol–water partition coefficient (Wildman–Crippen LogP) is 4.21. The summed E-state index contributed by atoms with van der Waals surface area (Å²) < 4.78 is 13.3. The topological polar surface area (TPSA) is 49.4 Å². The van der Waals surface area contributed by atoms with Crippen molar-refractivity contribution in [1.82, 2.24) is 10.2 Å². The summed E-state index contributed by atoms with van der Waals surface area (Å²) in [6.45, 7) is 2.73. The van der Waals surface area contributed by atoms with Gasteiger partial charge in [-0.15, -0.1) is 11.8 Å². The van der Waals surface area contributed by atoms with Crippen molar-refractivity contribution in [3.8, 4) is 0 Å². The highest BCUT2D eigenvalue weighted by atomic mass is 32.2. The summed E-state index contributed by atoms with van der Waals surface area (Å²) in [5, 5.41) is 3.02. The van der Waals surface area contributed by atoms with E-state index in [1.54, 1.807) is 16.7 Å². The molecule has 1 aromatic rings. The van der Waals surface area contributed by atoms with Crippen LogP contribution < -0.4 is 5.32 Å². The number of nitrogens with one attached hydrogen (secondary N) is 1. The Morgan fingerprint density at radius 1 is 1.19 bits per heavy atom. The van der Waals surface area contributed by atoms with Crippen molar-refractivity contribution in [3.05, 3.63) is 35.6 Å². The van der Waals surface area contributed by atoms with Crippen molar-refractivity contribution in [1.29, 1.82) is 0 Å². The fraction of sp³-hybridized carbons (Fsp3) is 0.619. The van der Waals surface area contributed by atoms with Gasteiger partial charge in [-0.2, -0.15) is 0 Å². The monoisotopic (exact) mass is 392 g/mol. The summed E-state index contributed by atoms with van der Waals surface area (Å²) in [6.07, 6.45) is 7.79. The highest BCUT2D eigenvalue weighted by Crippen LogP contribution is 2.41. The molecular weight excluding hydrogens is 363 g/mol. The van der Waals surface area contributed by atoms with Crippen molar-refractivity contribution >= 4 is 23.6 Å². The number of thioether (sulfide) groups is 1. The second-order valence-electron chi connectivity index (χ2n) is 7.50. The van der Waals surface area contributed by atoms with E-state index >= 15 is 0 Å². The quantitative estimate of drug-likeness (QED) is 0.738. The zero-order chi connectivity index (χ0) is 19.2. The van der Waals surface area contributed by atoms with Crippen molar-refractivity contribution in [2.45, 2.75) is 63.3 Å². The number of unbranched alkanes of at least 4 members (excludes halogenated alkanes) is 1. The average molecular weight is 393 g/mol. The van der Waals surface area contributed by atoms with Crippen molar-refractivity contribution in [3.63, 3.8) is 0 Å². The lowest BCUT2D eigenvalue weighted by Crippen LogP contribution is -2.51. The molecule has 2 fully saturated rings.